The summed E-state index contributed by atoms with van der Waals surface area (Å²) in [5.74, 6) is 2.67. The first-order valence-corrected chi connectivity index (χ1v) is 7.71. The summed E-state index contributed by atoms with van der Waals surface area (Å²) < 4.78 is 2.08. The maximum atomic E-state index is 4.35. The van der Waals surface area contributed by atoms with Gasteiger partial charge in [-0.2, -0.15) is 0 Å². The predicted molar refractivity (Wildman–Crippen MR) is 80.5 cm³/mol. The second-order valence-corrected chi connectivity index (χ2v) is 6.34. The highest BCUT2D eigenvalue weighted by Gasteiger charge is 2.26. The number of pyridine rings is 1. The highest BCUT2D eigenvalue weighted by atomic mass is 15.3. The van der Waals surface area contributed by atoms with Gasteiger partial charge in [-0.05, 0) is 50.2 Å². The lowest BCUT2D eigenvalue weighted by molar-refractivity contribution is 0.216. The summed E-state index contributed by atoms with van der Waals surface area (Å²) >= 11 is 0. The van der Waals surface area contributed by atoms with Crippen LogP contribution in [0.25, 0.3) is 5.65 Å². The van der Waals surface area contributed by atoms with E-state index in [1.807, 2.05) is 24.4 Å². The lowest BCUT2D eigenvalue weighted by Crippen LogP contribution is -2.38. The maximum absolute atomic E-state index is 4.35. The molecule has 0 spiro atoms. The van der Waals surface area contributed by atoms with Gasteiger partial charge in [0.05, 0.1) is 6.04 Å². The van der Waals surface area contributed by atoms with E-state index in [9.17, 15) is 0 Å². The molecule has 0 aliphatic heterocycles. The van der Waals surface area contributed by atoms with Crippen LogP contribution >= 0.6 is 0 Å². The summed E-state index contributed by atoms with van der Waals surface area (Å²) in [4.78, 5) is 0. The van der Waals surface area contributed by atoms with Crippen molar-refractivity contribution in [2.24, 2.45) is 11.8 Å². The van der Waals surface area contributed by atoms with Crippen LogP contribution in [-0.2, 0) is 0 Å². The number of rotatable bonds is 3. The smallest absolute Gasteiger partial charge is 0.160 e. The molecule has 108 valence electrons. The van der Waals surface area contributed by atoms with Crippen molar-refractivity contribution in [3.8, 4) is 0 Å². The van der Waals surface area contributed by atoms with E-state index in [1.165, 1.54) is 19.3 Å². The van der Waals surface area contributed by atoms with E-state index in [1.54, 1.807) is 0 Å². The minimum atomic E-state index is 0.234. The third-order valence-corrected chi connectivity index (χ3v) is 4.81. The number of nitrogens with zero attached hydrogens (tertiary/aromatic N) is 3. The third kappa shape index (κ3) is 2.57. The average Bonchev–Trinajstić information content (AvgIpc) is 2.87. The number of fused-ring (bicyclic) bond motifs is 1. The molecule has 1 fully saturated rings. The highest BCUT2D eigenvalue weighted by molar-refractivity contribution is 5.37. The van der Waals surface area contributed by atoms with Crippen LogP contribution < -0.4 is 5.32 Å². The largest absolute Gasteiger partial charge is 0.305 e. The van der Waals surface area contributed by atoms with Gasteiger partial charge in [-0.15, -0.1) is 10.2 Å². The Kier molecular flexibility index (Phi) is 3.74. The molecule has 4 heteroatoms. The monoisotopic (exact) mass is 272 g/mol. The first kappa shape index (κ1) is 13.6. The van der Waals surface area contributed by atoms with Crippen LogP contribution in [0.15, 0.2) is 24.4 Å². The van der Waals surface area contributed by atoms with Crippen LogP contribution in [-0.4, -0.2) is 20.6 Å². The van der Waals surface area contributed by atoms with Crippen LogP contribution in [0.4, 0.5) is 0 Å². The topological polar surface area (TPSA) is 42.2 Å². The van der Waals surface area contributed by atoms with Crippen molar-refractivity contribution in [1.29, 1.82) is 0 Å². The van der Waals surface area contributed by atoms with Gasteiger partial charge in [-0.3, -0.25) is 4.40 Å². The van der Waals surface area contributed by atoms with Crippen molar-refractivity contribution in [3.63, 3.8) is 0 Å². The van der Waals surface area contributed by atoms with Gasteiger partial charge in [-0.1, -0.05) is 19.9 Å². The minimum Gasteiger partial charge on any atom is -0.305 e. The van der Waals surface area contributed by atoms with E-state index in [4.69, 9.17) is 0 Å². The molecule has 1 aliphatic carbocycles. The van der Waals surface area contributed by atoms with Crippen molar-refractivity contribution in [1.82, 2.24) is 19.9 Å². The van der Waals surface area contributed by atoms with Gasteiger partial charge < -0.3 is 5.32 Å². The quantitative estimate of drug-likeness (QED) is 0.933. The molecule has 0 aromatic carbocycles. The molecule has 0 amide bonds. The highest BCUT2D eigenvalue weighted by Crippen LogP contribution is 2.30. The SMILES string of the molecule is CC(NC1CCC(C)C(C)C1)c1nnc2ccccn12. The molecule has 2 aromatic heterocycles. The summed E-state index contributed by atoms with van der Waals surface area (Å²) in [6.07, 6.45) is 5.90. The molecule has 2 heterocycles. The van der Waals surface area contributed by atoms with E-state index in [-0.39, 0.29) is 6.04 Å². The first-order chi connectivity index (χ1) is 9.65. The van der Waals surface area contributed by atoms with E-state index >= 15 is 0 Å². The van der Waals surface area contributed by atoms with Gasteiger partial charge in [-0.25, -0.2) is 0 Å². The summed E-state index contributed by atoms with van der Waals surface area (Å²) in [5.41, 5.74) is 0.918. The molecule has 4 nitrogen and oxygen atoms in total. The van der Waals surface area contributed by atoms with Gasteiger partial charge in [0.1, 0.15) is 0 Å². The van der Waals surface area contributed by atoms with Crippen molar-refractivity contribution in [2.45, 2.75) is 52.1 Å². The van der Waals surface area contributed by atoms with Crippen LogP contribution in [0.2, 0.25) is 0 Å². The zero-order chi connectivity index (χ0) is 14.1. The molecule has 2 aromatic rings. The Morgan fingerprint density at radius 2 is 2.05 bits per heavy atom. The standard InChI is InChI=1S/C16H24N4/c1-11-7-8-14(10-12(11)2)17-13(3)16-19-18-15-6-4-5-9-20(15)16/h4-6,9,11-14,17H,7-8,10H2,1-3H3. The Labute approximate surface area is 120 Å². The predicted octanol–water partition coefficient (Wildman–Crippen LogP) is 3.20. The first-order valence-electron chi connectivity index (χ1n) is 7.71. The Morgan fingerprint density at radius 3 is 2.85 bits per heavy atom. The third-order valence-electron chi connectivity index (χ3n) is 4.81. The van der Waals surface area contributed by atoms with Crippen LogP contribution in [0, 0.1) is 11.8 Å². The Morgan fingerprint density at radius 1 is 1.20 bits per heavy atom. The van der Waals surface area contributed by atoms with Crippen molar-refractivity contribution in [3.05, 3.63) is 30.2 Å². The lowest BCUT2D eigenvalue weighted by Gasteiger charge is -2.34. The molecule has 20 heavy (non-hydrogen) atoms. The maximum Gasteiger partial charge on any atom is 0.160 e. The molecule has 1 N–H and O–H groups in total. The number of nitrogens with one attached hydrogen (secondary N) is 1. The molecule has 0 saturated heterocycles. The second-order valence-electron chi connectivity index (χ2n) is 6.34. The normalized spacial score (nSPS) is 28.6. The van der Waals surface area contributed by atoms with E-state index in [0.717, 1.165) is 23.3 Å². The summed E-state index contributed by atoms with van der Waals surface area (Å²) in [7, 11) is 0. The van der Waals surface area contributed by atoms with Crippen LogP contribution in [0.5, 0.6) is 0 Å². The summed E-state index contributed by atoms with van der Waals surface area (Å²) in [6.45, 7) is 6.93. The molecule has 4 atom stereocenters. The fourth-order valence-corrected chi connectivity index (χ4v) is 3.28. The van der Waals surface area contributed by atoms with Gasteiger partial charge >= 0.3 is 0 Å². The second kappa shape index (κ2) is 5.52. The molecule has 3 rings (SSSR count). The molecule has 0 radical (unpaired) electrons. The molecule has 1 aliphatic rings. The van der Waals surface area contributed by atoms with Crippen LogP contribution in [0.3, 0.4) is 0 Å². The molecular weight excluding hydrogens is 248 g/mol. The fourth-order valence-electron chi connectivity index (χ4n) is 3.28. The van der Waals surface area contributed by atoms with Gasteiger partial charge in [0, 0.05) is 12.2 Å². The zero-order valence-electron chi connectivity index (χ0n) is 12.6. The molecule has 0 bridgehead atoms. The number of hydrogen-bond donors (Lipinski definition) is 1. The summed E-state index contributed by atoms with van der Waals surface area (Å²) in [6, 6.07) is 6.85. The molecular formula is C16H24N4. The zero-order valence-corrected chi connectivity index (χ0v) is 12.6. The van der Waals surface area contributed by atoms with E-state index < -0.39 is 0 Å². The Balaban J connectivity index is 1.72. The fraction of sp³-hybridized carbons (Fsp3) is 0.625. The number of aromatic nitrogens is 3. The molecule has 4 unspecified atom stereocenters. The van der Waals surface area contributed by atoms with Crippen molar-refractivity contribution < 1.29 is 0 Å². The van der Waals surface area contributed by atoms with Gasteiger partial charge in [0.15, 0.2) is 11.5 Å². The van der Waals surface area contributed by atoms with E-state index in [2.05, 4.69) is 40.7 Å². The lowest BCUT2D eigenvalue weighted by atomic mass is 9.79. The van der Waals surface area contributed by atoms with Gasteiger partial charge in [0.25, 0.3) is 0 Å². The molecule has 1 saturated carbocycles. The van der Waals surface area contributed by atoms with E-state index in [0.29, 0.717) is 6.04 Å². The van der Waals surface area contributed by atoms with Crippen LogP contribution in [0.1, 0.15) is 51.9 Å². The summed E-state index contributed by atoms with van der Waals surface area (Å²) in [5, 5.41) is 12.3. The van der Waals surface area contributed by atoms with Crippen molar-refractivity contribution in [2.75, 3.05) is 0 Å². The van der Waals surface area contributed by atoms with Crippen molar-refractivity contribution >= 4 is 5.65 Å². The Bertz CT molecular complexity index is 577. The Hall–Kier alpha value is -1.42. The average molecular weight is 272 g/mol. The van der Waals surface area contributed by atoms with Gasteiger partial charge in [0.2, 0.25) is 0 Å². The number of hydrogen-bond acceptors (Lipinski definition) is 3. The minimum absolute atomic E-state index is 0.234.